The fourth-order valence-electron chi connectivity index (χ4n) is 10.6. The molecule has 0 aromatic heterocycles. The number of halogens is 1. The van der Waals surface area contributed by atoms with Crippen molar-refractivity contribution in [1.82, 2.24) is 5.32 Å². The van der Waals surface area contributed by atoms with Crippen molar-refractivity contribution >= 4 is 24.0 Å². The van der Waals surface area contributed by atoms with Crippen LogP contribution in [0.3, 0.4) is 0 Å². The summed E-state index contributed by atoms with van der Waals surface area (Å²) in [5.41, 5.74) is 7.28. The molecule has 4 N–H and O–H groups in total. The van der Waals surface area contributed by atoms with Crippen molar-refractivity contribution < 1.29 is 9.90 Å². The Bertz CT molecular complexity index is 1010. The van der Waals surface area contributed by atoms with Gasteiger partial charge in [-0.3, -0.25) is 4.79 Å². The lowest BCUT2D eigenvalue weighted by atomic mass is 9.43. The van der Waals surface area contributed by atoms with Gasteiger partial charge in [-0.1, -0.05) is 60.3 Å². The fourth-order valence-corrected chi connectivity index (χ4v) is 10.6. The largest absolute Gasteiger partial charge is 0.507 e. The average Bonchev–Trinajstić information content (AvgIpc) is 3.21. The van der Waals surface area contributed by atoms with E-state index in [2.05, 4.69) is 39.9 Å². The summed E-state index contributed by atoms with van der Waals surface area (Å²) in [6.45, 7) is 12.5. The molecule has 1 aromatic carbocycles. The molecule has 0 heterocycles. The number of carbonyl (C=O) groups is 1. The molecule has 4 aliphatic carbocycles. The van der Waals surface area contributed by atoms with E-state index in [1.54, 1.807) is 12.1 Å². The number of phenolic OH excluding ortho intramolecular Hbond substituents is 1. The molecule has 5 heteroatoms. The lowest BCUT2D eigenvalue weighted by Crippen LogP contribution is -2.61. The van der Waals surface area contributed by atoms with Crippen molar-refractivity contribution in [2.45, 2.75) is 118 Å². The highest BCUT2D eigenvalue weighted by Gasteiger charge is 2.62. The zero-order valence-electron chi connectivity index (χ0n) is 25.2. The van der Waals surface area contributed by atoms with E-state index in [1.807, 2.05) is 0 Å². The second-order valence-corrected chi connectivity index (χ2v) is 14.8. The van der Waals surface area contributed by atoms with Crippen LogP contribution in [0.4, 0.5) is 5.69 Å². The number of nitrogens with two attached hydrogens (primary N) is 1. The predicted molar refractivity (Wildman–Crippen MR) is 164 cm³/mol. The van der Waals surface area contributed by atoms with Gasteiger partial charge in [0.15, 0.2) is 0 Å². The van der Waals surface area contributed by atoms with Crippen LogP contribution in [0.5, 0.6) is 5.75 Å². The Hall–Kier alpha value is -1.42. The normalized spacial score (nSPS) is 38.2. The molecule has 9 atom stereocenters. The van der Waals surface area contributed by atoms with E-state index in [9.17, 15) is 9.90 Å². The van der Waals surface area contributed by atoms with Gasteiger partial charge in [-0.05, 0) is 116 Å². The SMILES string of the molecule is CC(C)CCC[C@H](C)[C@@H]1CC[C@H]2[C@H]3CC[C@H]4CCCC(NC(=O)c5ccc(N)cc5O)[C@]4(C)[C@H]3CC[C@@]21C.Cl. The molecule has 1 unspecified atom stereocenters. The summed E-state index contributed by atoms with van der Waals surface area (Å²) in [4.78, 5) is 13.4. The number of nitrogen functional groups attached to an aromatic ring is 1. The minimum absolute atomic E-state index is 0. The van der Waals surface area contributed by atoms with Crippen molar-refractivity contribution in [3.05, 3.63) is 23.8 Å². The van der Waals surface area contributed by atoms with Crippen molar-refractivity contribution in [2.24, 2.45) is 52.3 Å². The maximum atomic E-state index is 13.4. The van der Waals surface area contributed by atoms with Crippen LogP contribution in [0.1, 0.15) is 122 Å². The topological polar surface area (TPSA) is 75.4 Å². The number of aromatic hydroxyl groups is 1. The molecule has 4 nitrogen and oxygen atoms in total. The first-order chi connectivity index (χ1) is 18.1. The molecule has 0 saturated heterocycles. The molecule has 0 spiro atoms. The summed E-state index contributed by atoms with van der Waals surface area (Å²) in [5, 5.41) is 13.9. The standard InChI is InChI=1S/C34H54N2O2.ClH/c1-21(2)8-6-9-22(3)27-16-17-28-25-14-12-23-10-7-11-31(34(23,5)29(25)18-19-33(27,28)4)36-32(38)26-15-13-24(35)20-30(26)37;/h13,15,20-23,25,27-29,31,37H,6-12,14,16-19,35H2,1-5H3,(H,36,38);1H/t22-,23+,25+,27-,28-,29-,31?,33+,34-;/m0./s1. The molecule has 0 radical (unpaired) electrons. The Morgan fingerprint density at radius 3 is 2.51 bits per heavy atom. The van der Waals surface area contributed by atoms with Gasteiger partial charge in [-0.15, -0.1) is 12.4 Å². The van der Waals surface area contributed by atoms with Crippen LogP contribution >= 0.6 is 12.4 Å². The molecule has 4 aliphatic rings. The number of carbonyl (C=O) groups excluding carboxylic acids is 1. The van der Waals surface area contributed by atoms with Crippen LogP contribution in [0.25, 0.3) is 0 Å². The van der Waals surface area contributed by atoms with E-state index >= 15 is 0 Å². The van der Waals surface area contributed by atoms with Gasteiger partial charge in [0, 0.05) is 17.8 Å². The molecule has 0 aliphatic heterocycles. The highest BCUT2D eigenvalue weighted by atomic mass is 35.5. The fraction of sp³-hybridized carbons (Fsp3) is 0.794. The van der Waals surface area contributed by atoms with Crippen molar-refractivity contribution in [2.75, 3.05) is 5.73 Å². The van der Waals surface area contributed by atoms with Gasteiger partial charge in [0.05, 0.1) is 5.56 Å². The van der Waals surface area contributed by atoms with E-state index in [4.69, 9.17) is 5.73 Å². The van der Waals surface area contributed by atoms with E-state index in [0.717, 1.165) is 36.0 Å². The number of anilines is 1. The number of phenols is 1. The zero-order valence-corrected chi connectivity index (χ0v) is 26.0. The zero-order chi connectivity index (χ0) is 27.2. The van der Waals surface area contributed by atoms with Gasteiger partial charge < -0.3 is 16.2 Å². The van der Waals surface area contributed by atoms with Gasteiger partial charge in [-0.2, -0.15) is 0 Å². The van der Waals surface area contributed by atoms with Crippen molar-refractivity contribution in [3.63, 3.8) is 0 Å². The molecule has 1 aromatic rings. The number of benzene rings is 1. The molecular formula is C34H55ClN2O2. The first-order valence-corrected chi connectivity index (χ1v) is 15.9. The first kappa shape index (κ1) is 30.5. The summed E-state index contributed by atoms with van der Waals surface area (Å²) in [6.07, 6.45) is 15.9. The van der Waals surface area contributed by atoms with Crippen LogP contribution in [0.15, 0.2) is 18.2 Å². The Morgan fingerprint density at radius 2 is 1.79 bits per heavy atom. The second kappa shape index (κ2) is 11.8. The number of nitrogens with one attached hydrogen (secondary N) is 1. The summed E-state index contributed by atoms with van der Waals surface area (Å²) >= 11 is 0. The minimum Gasteiger partial charge on any atom is -0.507 e. The number of rotatable bonds is 7. The summed E-state index contributed by atoms with van der Waals surface area (Å²) < 4.78 is 0. The molecule has 220 valence electrons. The monoisotopic (exact) mass is 558 g/mol. The van der Waals surface area contributed by atoms with Crippen LogP contribution in [-0.2, 0) is 0 Å². The Balaban J connectivity index is 0.00000353. The lowest BCUT2D eigenvalue weighted by Gasteiger charge is -2.63. The number of hydrogen-bond donors (Lipinski definition) is 3. The van der Waals surface area contributed by atoms with E-state index in [-0.39, 0.29) is 35.5 Å². The summed E-state index contributed by atoms with van der Waals surface area (Å²) in [5.74, 6) is 5.39. The first-order valence-electron chi connectivity index (χ1n) is 15.9. The van der Waals surface area contributed by atoms with Crippen LogP contribution < -0.4 is 11.1 Å². The summed E-state index contributed by atoms with van der Waals surface area (Å²) in [6, 6.07) is 5.03. The predicted octanol–water partition coefficient (Wildman–Crippen LogP) is 8.62. The molecular weight excluding hydrogens is 504 g/mol. The van der Waals surface area contributed by atoms with Crippen molar-refractivity contribution in [1.29, 1.82) is 0 Å². The summed E-state index contributed by atoms with van der Waals surface area (Å²) in [7, 11) is 0. The van der Waals surface area contributed by atoms with Gasteiger partial charge in [0.25, 0.3) is 5.91 Å². The van der Waals surface area contributed by atoms with E-state index in [0.29, 0.717) is 28.5 Å². The second-order valence-electron chi connectivity index (χ2n) is 14.8. The number of hydrogen-bond acceptors (Lipinski definition) is 3. The Morgan fingerprint density at radius 1 is 1.03 bits per heavy atom. The quantitative estimate of drug-likeness (QED) is 0.293. The third-order valence-electron chi connectivity index (χ3n) is 12.5. The van der Waals surface area contributed by atoms with Crippen LogP contribution in [-0.4, -0.2) is 17.1 Å². The number of amides is 1. The molecule has 0 bridgehead atoms. The Kier molecular flexibility index (Phi) is 9.26. The minimum atomic E-state index is -0.145. The van der Waals surface area contributed by atoms with Crippen molar-refractivity contribution in [3.8, 4) is 5.75 Å². The van der Waals surface area contributed by atoms with Gasteiger partial charge in [0.2, 0.25) is 0 Å². The van der Waals surface area contributed by atoms with Gasteiger partial charge >= 0.3 is 0 Å². The lowest BCUT2D eigenvalue weighted by molar-refractivity contribution is -0.126. The maximum absolute atomic E-state index is 13.4. The highest BCUT2D eigenvalue weighted by molar-refractivity contribution is 5.97. The van der Waals surface area contributed by atoms with Crippen LogP contribution in [0, 0.1) is 52.3 Å². The molecule has 1 amide bonds. The maximum Gasteiger partial charge on any atom is 0.255 e. The van der Waals surface area contributed by atoms with Gasteiger partial charge in [0.1, 0.15) is 5.75 Å². The smallest absolute Gasteiger partial charge is 0.255 e. The molecule has 4 fully saturated rings. The van der Waals surface area contributed by atoms with E-state index < -0.39 is 0 Å². The molecule has 5 rings (SSSR count). The third-order valence-corrected chi connectivity index (χ3v) is 12.5. The third kappa shape index (κ3) is 5.45. The van der Waals surface area contributed by atoms with Gasteiger partial charge in [-0.25, -0.2) is 0 Å². The average molecular weight is 559 g/mol. The van der Waals surface area contributed by atoms with E-state index in [1.165, 1.54) is 76.7 Å². The number of fused-ring (bicyclic) bond motifs is 5. The molecule has 4 saturated carbocycles. The van der Waals surface area contributed by atoms with Crippen LogP contribution in [0.2, 0.25) is 0 Å². The highest BCUT2D eigenvalue weighted by Crippen LogP contribution is 2.68. The molecule has 39 heavy (non-hydrogen) atoms. The Labute approximate surface area is 244 Å².